The highest BCUT2D eigenvalue weighted by molar-refractivity contribution is 6.30. The molecular formula is C18H16ClN3O. The number of anilines is 1. The molecule has 116 valence electrons. The molecular weight excluding hydrogens is 310 g/mol. The average molecular weight is 326 g/mol. The molecule has 3 rings (SSSR count). The first-order chi connectivity index (χ1) is 11.2. The van der Waals surface area contributed by atoms with E-state index in [2.05, 4.69) is 10.4 Å². The lowest BCUT2D eigenvalue weighted by molar-refractivity contribution is -0.115. The number of carbonyl (C=O) groups is 1. The standard InChI is InChI=1S/C18H16ClN3O/c19-16-8-4-7-15(11-16)12-18(23)20-17-9-10-22(21-17)13-14-5-2-1-3-6-14/h1-11H,12-13H2,(H,20,21,23). The molecule has 0 unspecified atom stereocenters. The third-order valence-electron chi connectivity index (χ3n) is 3.35. The number of benzene rings is 2. The Morgan fingerprint density at radius 1 is 1.04 bits per heavy atom. The molecule has 0 fully saturated rings. The van der Waals surface area contributed by atoms with Gasteiger partial charge in [-0.3, -0.25) is 9.48 Å². The minimum atomic E-state index is -0.114. The molecule has 2 aromatic carbocycles. The van der Waals surface area contributed by atoms with Crippen molar-refractivity contribution in [3.05, 3.63) is 83.0 Å². The van der Waals surface area contributed by atoms with Crippen LogP contribution in [0.1, 0.15) is 11.1 Å². The summed E-state index contributed by atoms with van der Waals surface area (Å²) in [6.45, 7) is 0.672. The van der Waals surface area contributed by atoms with E-state index in [-0.39, 0.29) is 12.3 Å². The smallest absolute Gasteiger partial charge is 0.229 e. The van der Waals surface area contributed by atoms with Gasteiger partial charge in [0.05, 0.1) is 13.0 Å². The number of nitrogens with one attached hydrogen (secondary N) is 1. The van der Waals surface area contributed by atoms with E-state index in [9.17, 15) is 4.79 Å². The summed E-state index contributed by atoms with van der Waals surface area (Å²) in [4.78, 5) is 12.1. The van der Waals surface area contributed by atoms with Crippen LogP contribution >= 0.6 is 11.6 Å². The summed E-state index contributed by atoms with van der Waals surface area (Å²) in [6.07, 6.45) is 2.12. The van der Waals surface area contributed by atoms with Crippen LogP contribution in [0.2, 0.25) is 5.02 Å². The van der Waals surface area contributed by atoms with Gasteiger partial charge in [-0.15, -0.1) is 0 Å². The van der Waals surface area contributed by atoms with E-state index in [1.807, 2.05) is 48.7 Å². The number of amides is 1. The molecule has 0 spiro atoms. The maximum atomic E-state index is 12.1. The largest absolute Gasteiger partial charge is 0.309 e. The number of carbonyl (C=O) groups excluding carboxylic acids is 1. The molecule has 23 heavy (non-hydrogen) atoms. The maximum absolute atomic E-state index is 12.1. The van der Waals surface area contributed by atoms with E-state index in [1.165, 1.54) is 0 Å². The van der Waals surface area contributed by atoms with Gasteiger partial charge in [0.15, 0.2) is 5.82 Å². The third kappa shape index (κ3) is 4.44. The molecule has 0 aliphatic heterocycles. The van der Waals surface area contributed by atoms with E-state index in [4.69, 9.17) is 11.6 Å². The number of hydrogen-bond acceptors (Lipinski definition) is 2. The molecule has 1 amide bonds. The van der Waals surface area contributed by atoms with Gasteiger partial charge in [-0.05, 0) is 23.3 Å². The second-order valence-electron chi connectivity index (χ2n) is 5.24. The Bertz CT molecular complexity index is 799. The van der Waals surface area contributed by atoms with Gasteiger partial charge in [-0.25, -0.2) is 0 Å². The predicted octanol–water partition coefficient (Wildman–Crippen LogP) is 3.77. The van der Waals surface area contributed by atoms with Crippen molar-refractivity contribution in [2.45, 2.75) is 13.0 Å². The molecule has 1 N–H and O–H groups in total. The fourth-order valence-corrected chi connectivity index (χ4v) is 2.52. The van der Waals surface area contributed by atoms with E-state index < -0.39 is 0 Å². The Hall–Kier alpha value is -2.59. The number of nitrogens with zero attached hydrogens (tertiary/aromatic N) is 2. The minimum Gasteiger partial charge on any atom is -0.309 e. The minimum absolute atomic E-state index is 0.114. The normalized spacial score (nSPS) is 10.5. The van der Waals surface area contributed by atoms with Crippen LogP contribution < -0.4 is 5.32 Å². The van der Waals surface area contributed by atoms with Gasteiger partial charge < -0.3 is 5.32 Å². The van der Waals surface area contributed by atoms with Crippen LogP contribution in [0.15, 0.2) is 66.9 Å². The molecule has 1 aromatic heterocycles. The first-order valence-corrected chi connectivity index (χ1v) is 7.68. The Morgan fingerprint density at radius 3 is 2.61 bits per heavy atom. The quantitative estimate of drug-likeness (QED) is 0.776. The Balaban J connectivity index is 1.59. The van der Waals surface area contributed by atoms with Crippen molar-refractivity contribution in [2.24, 2.45) is 0 Å². The summed E-state index contributed by atoms with van der Waals surface area (Å²) >= 11 is 5.92. The van der Waals surface area contributed by atoms with E-state index in [0.29, 0.717) is 17.4 Å². The second kappa shape index (κ2) is 7.11. The van der Waals surface area contributed by atoms with Crippen LogP contribution in [0.4, 0.5) is 5.82 Å². The van der Waals surface area contributed by atoms with Crippen LogP contribution in [-0.2, 0) is 17.8 Å². The van der Waals surface area contributed by atoms with E-state index in [0.717, 1.165) is 11.1 Å². The lowest BCUT2D eigenvalue weighted by Crippen LogP contribution is -2.15. The van der Waals surface area contributed by atoms with Crippen molar-refractivity contribution in [3.63, 3.8) is 0 Å². The highest BCUT2D eigenvalue weighted by atomic mass is 35.5. The second-order valence-corrected chi connectivity index (χ2v) is 5.68. The first-order valence-electron chi connectivity index (χ1n) is 7.31. The van der Waals surface area contributed by atoms with Gasteiger partial charge in [-0.1, -0.05) is 54.1 Å². The highest BCUT2D eigenvalue weighted by Gasteiger charge is 2.07. The molecule has 0 bridgehead atoms. The summed E-state index contributed by atoms with van der Waals surface area (Å²) in [6, 6.07) is 19.1. The number of rotatable bonds is 5. The molecule has 0 saturated heterocycles. The topological polar surface area (TPSA) is 46.9 Å². The highest BCUT2D eigenvalue weighted by Crippen LogP contribution is 2.12. The summed E-state index contributed by atoms with van der Waals surface area (Å²) in [5.74, 6) is 0.435. The van der Waals surface area contributed by atoms with Crippen molar-refractivity contribution in [3.8, 4) is 0 Å². The first kappa shape index (κ1) is 15.3. The van der Waals surface area contributed by atoms with Crippen molar-refractivity contribution < 1.29 is 4.79 Å². The summed E-state index contributed by atoms with van der Waals surface area (Å²) < 4.78 is 1.80. The molecule has 0 atom stereocenters. The summed E-state index contributed by atoms with van der Waals surface area (Å²) in [7, 11) is 0. The van der Waals surface area contributed by atoms with Gasteiger partial charge in [0.25, 0.3) is 0 Å². The zero-order chi connectivity index (χ0) is 16.1. The fraction of sp³-hybridized carbons (Fsp3) is 0.111. The van der Waals surface area contributed by atoms with Gasteiger partial charge >= 0.3 is 0 Å². The molecule has 0 radical (unpaired) electrons. The SMILES string of the molecule is O=C(Cc1cccc(Cl)c1)Nc1ccn(Cc2ccccc2)n1. The molecule has 0 aliphatic rings. The van der Waals surface area contributed by atoms with Gasteiger partial charge in [0.2, 0.25) is 5.91 Å². The molecule has 0 aliphatic carbocycles. The molecule has 3 aromatic rings. The van der Waals surface area contributed by atoms with Crippen LogP contribution in [0.3, 0.4) is 0 Å². The summed E-state index contributed by atoms with van der Waals surface area (Å²) in [5, 5.41) is 7.79. The molecule has 5 heteroatoms. The van der Waals surface area contributed by atoms with Crippen LogP contribution in [0.25, 0.3) is 0 Å². The number of aromatic nitrogens is 2. The predicted molar refractivity (Wildman–Crippen MR) is 91.6 cm³/mol. The average Bonchev–Trinajstić information content (AvgIpc) is 2.95. The van der Waals surface area contributed by atoms with Crippen LogP contribution in [0, 0.1) is 0 Å². The monoisotopic (exact) mass is 325 g/mol. The molecule has 0 saturated carbocycles. The van der Waals surface area contributed by atoms with Gasteiger partial charge in [0, 0.05) is 17.3 Å². The number of hydrogen-bond donors (Lipinski definition) is 1. The van der Waals surface area contributed by atoms with Crippen molar-refractivity contribution in [1.29, 1.82) is 0 Å². The Labute approximate surface area is 139 Å². The zero-order valence-electron chi connectivity index (χ0n) is 12.4. The maximum Gasteiger partial charge on any atom is 0.229 e. The van der Waals surface area contributed by atoms with Crippen LogP contribution in [0.5, 0.6) is 0 Å². The zero-order valence-corrected chi connectivity index (χ0v) is 13.2. The number of halogens is 1. The fourth-order valence-electron chi connectivity index (χ4n) is 2.31. The molecule has 4 nitrogen and oxygen atoms in total. The molecule has 1 heterocycles. The van der Waals surface area contributed by atoms with Gasteiger partial charge in [-0.2, -0.15) is 5.10 Å². The van der Waals surface area contributed by atoms with Crippen molar-refractivity contribution >= 4 is 23.3 Å². The van der Waals surface area contributed by atoms with E-state index in [1.54, 1.807) is 22.9 Å². The summed E-state index contributed by atoms with van der Waals surface area (Å²) in [5.41, 5.74) is 2.03. The van der Waals surface area contributed by atoms with Crippen LogP contribution in [-0.4, -0.2) is 15.7 Å². The van der Waals surface area contributed by atoms with Crippen molar-refractivity contribution in [1.82, 2.24) is 9.78 Å². The van der Waals surface area contributed by atoms with E-state index >= 15 is 0 Å². The lowest BCUT2D eigenvalue weighted by Gasteiger charge is -2.04. The Morgan fingerprint density at radius 2 is 1.83 bits per heavy atom. The lowest BCUT2D eigenvalue weighted by atomic mass is 10.1. The van der Waals surface area contributed by atoms with Crippen molar-refractivity contribution in [2.75, 3.05) is 5.32 Å². The Kier molecular flexibility index (Phi) is 4.74. The van der Waals surface area contributed by atoms with Gasteiger partial charge in [0.1, 0.15) is 0 Å². The third-order valence-corrected chi connectivity index (χ3v) is 3.58.